The monoisotopic (exact) mass is 587 g/mol. The number of hydrogen-bond donors (Lipinski definition) is 1. The lowest BCUT2D eigenvalue weighted by molar-refractivity contribution is -0.136. The van der Waals surface area contributed by atoms with Crippen LogP contribution in [-0.2, 0) is 21.5 Å². The van der Waals surface area contributed by atoms with Crippen LogP contribution in [0, 0.1) is 5.92 Å². The lowest BCUT2D eigenvalue weighted by atomic mass is 9.77. The zero-order valence-corrected chi connectivity index (χ0v) is 24.6. The van der Waals surface area contributed by atoms with Gasteiger partial charge in [-0.1, -0.05) is 30.2 Å². The van der Waals surface area contributed by atoms with Gasteiger partial charge in [0.1, 0.15) is 17.0 Å². The van der Waals surface area contributed by atoms with Gasteiger partial charge in [-0.05, 0) is 42.7 Å². The molecule has 6 rings (SSSR count). The summed E-state index contributed by atoms with van der Waals surface area (Å²) in [5.41, 5.74) is 0.568. The fraction of sp³-hybridized carbons (Fsp3) is 0.484. The van der Waals surface area contributed by atoms with Crippen molar-refractivity contribution in [1.29, 1.82) is 0 Å². The molecule has 2 fully saturated rings. The summed E-state index contributed by atoms with van der Waals surface area (Å²) in [5.74, 6) is 0.0694. The van der Waals surface area contributed by atoms with E-state index in [1.165, 1.54) is 15.5 Å². The Morgan fingerprint density at radius 1 is 1.07 bits per heavy atom. The predicted octanol–water partition coefficient (Wildman–Crippen LogP) is 1.60. The van der Waals surface area contributed by atoms with Crippen LogP contribution in [0.4, 0.5) is 0 Å². The number of amides is 3. The Hall–Kier alpha value is -4.48. The van der Waals surface area contributed by atoms with Crippen molar-refractivity contribution < 1.29 is 19.1 Å². The van der Waals surface area contributed by atoms with E-state index < -0.39 is 16.9 Å². The van der Waals surface area contributed by atoms with Crippen molar-refractivity contribution in [2.24, 2.45) is 5.92 Å². The Kier molecular flexibility index (Phi) is 7.76. The zero-order chi connectivity index (χ0) is 30.1. The summed E-state index contributed by atoms with van der Waals surface area (Å²) in [4.78, 5) is 56.9. The maximum absolute atomic E-state index is 14.4. The van der Waals surface area contributed by atoms with E-state index in [0.29, 0.717) is 18.8 Å². The van der Waals surface area contributed by atoms with Crippen LogP contribution in [0.5, 0.6) is 5.75 Å². The largest absolute Gasteiger partial charge is 0.497 e. The fourth-order valence-corrected chi connectivity index (χ4v) is 6.86. The third-order valence-electron chi connectivity index (χ3n) is 9.25. The number of nitrogens with zero attached hydrogens (tertiary/aromatic N) is 6. The number of aromatic nitrogens is 4. The van der Waals surface area contributed by atoms with E-state index in [4.69, 9.17) is 4.74 Å². The van der Waals surface area contributed by atoms with Gasteiger partial charge in [0.2, 0.25) is 11.8 Å². The number of carbonyl (C=O) groups is 3. The second-order valence-electron chi connectivity index (χ2n) is 11.9. The Labute approximate surface area is 249 Å². The number of fused-ring (bicyclic) bond motifs is 6. The van der Waals surface area contributed by atoms with Gasteiger partial charge in [-0.25, -0.2) is 4.68 Å². The molecule has 4 heterocycles. The molecular formula is C31H37N7O5. The third kappa shape index (κ3) is 5.41. The molecule has 4 bridgehead atoms. The van der Waals surface area contributed by atoms with Crippen LogP contribution >= 0.6 is 0 Å². The average Bonchev–Trinajstić information content (AvgIpc) is 3.78. The fourth-order valence-electron chi connectivity index (χ4n) is 6.86. The van der Waals surface area contributed by atoms with E-state index in [-0.39, 0.29) is 55.4 Å². The molecule has 226 valence electrons. The van der Waals surface area contributed by atoms with Gasteiger partial charge in [-0.15, -0.1) is 5.10 Å². The molecule has 1 N–H and O–H groups in total. The van der Waals surface area contributed by atoms with Gasteiger partial charge in [0.15, 0.2) is 0 Å². The first-order valence-corrected chi connectivity index (χ1v) is 14.9. The summed E-state index contributed by atoms with van der Waals surface area (Å²) in [7, 11) is 3.24. The summed E-state index contributed by atoms with van der Waals surface area (Å²) in [6, 6.07) is 10.7. The molecule has 3 aromatic rings. The minimum atomic E-state index is -0.611. The van der Waals surface area contributed by atoms with Crippen LogP contribution in [0.2, 0.25) is 0 Å². The lowest BCUT2D eigenvalue weighted by Crippen LogP contribution is -2.45. The molecule has 2 aliphatic heterocycles. The number of hydrogen-bond acceptors (Lipinski definition) is 7. The van der Waals surface area contributed by atoms with E-state index >= 15 is 0 Å². The van der Waals surface area contributed by atoms with Crippen LogP contribution in [0.1, 0.15) is 59.8 Å². The molecule has 2 aromatic heterocycles. The number of nitrogens with one attached hydrogen (secondary N) is 1. The predicted molar refractivity (Wildman–Crippen MR) is 157 cm³/mol. The second kappa shape index (κ2) is 11.7. The summed E-state index contributed by atoms with van der Waals surface area (Å²) in [5, 5.41) is 11.6. The summed E-state index contributed by atoms with van der Waals surface area (Å²) in [6.45, 7) is 1.47. The molecule has 12 heteroatoms. The molecule has 3 amide bonds. The van der Waals surface area contributed by atoms with Crippen molar-refractivity contribution in [1.82, 2.24) is 34.7 Å². The smallest absolute Gasteiger partial charge is 0.263 e. The van der Waals surface area contributed by atoms with Gasteiger partial charge in [-0.3, -0.25) is 19.2 Å². The highest BCUT2D eigenvalue weighted by atomic mass is 16.5. The average molecular weight is 588 g/mol. The van der Waals surface area contributed by atoms with Gasteiger partial charge in [0.05, 0.1) is 31.3 Å². The highest BCUT2D eigenvalue weighted by Gasteiger charge is 2.48. The molecule has 0 unspecified atom stereocenters. The molecule has 1 aliphatic carbocycles. The third-order valence-corrected chi connectivity index (χ3v) is 9.25. The van der Waals surface area contributed by atoms with E-state index in [9.17, 15) is 19.2 Å². The van der Waals surface area contributed by atoms with Crippen LogP contribution in [0.15, 0.2) is 53.6 Å². The van der Waals surface area contributed by atoms with Gasteiger partial charge in [-0.2, -0.15) is 0 Å². The van der Waals surface area contributed by atoms with Crippen molar-refractivity contribution in [3.05, 3.63) is 76.0 Å². The van der Waals surface area contributed by atoms with Crippen LogP contribution in [-0.4, -0.2) is 87.4 Å². The van der Waals surface area contributed by atoms with E-state index in [2.05, 4.69) is 15.6 Å². The van der Waals surface area contributed by atoms with E-state index in [0.717, 1.165) is 37.0 Å². The molecule has 12 nitrogen and oxygen atoms in total. The second-order valence-corrected chi connectivity index (χ2v) is 11.9. The molecule has 43 heavy (non-hydrogen) atoms. The van der Waals surface area contributed by atoms with Crippen molar-refractivity contribution >= 4 is 17.7 Å². The van der Waals surface area contributed by atoms with Gasteiger partial charge in [0, 0.05) is 51.8 Å². The normalized spacial score (nSPS) is 22.3. The molecule has 0 spiro atoms. The Morgan fingerprint density at radius 3 is 2.58 bits per heavy atom. The van der Waals surface area contributed by atoms with Crippen molar-refractivity contribution in [3.63, 3.8) is 0 Å². The zero-order valence-electron chi connectivity index (χ0n) is 24.6. The number of pyridine rings is 1. The summed E-state index contributed by atoms with van der Waals surface area (Å²) >= 11 is 0. The first-order valence-electron chi connectivity index (χ1n) is 14.9. The maximum atomic E-state index is 14.4. The molecule has 0 radical (unpaired) electrons. The minimum absolute atomic E-state index is 0.0542. The standard InChI is InChI=1S/C31H37N7O5/c1-35-15-13-32-27(39)16-21-17-37(30(42)31(11-3-4-12-31)22-7-9-24(43-2)10-8-22)20-26(21)38-19-23(33-34-38)18-36-14-5-6-25(28(35)40)29(36)41/h5-10,14,19,21,26H,3-4,11-13,15-18,20H2,1-2H3,(H,32,39)/t21-,26+/m0/s1. The Bertz CT molecular complexity index is 1570. The highest BCUT2D eigenvalue weighted by molar-refractivity contribution is 5.93. The SMILES string of the molecule is COc1ccc(C2(C(=O)N3C[C@@H]4CC(=O)NCCN(C)C(=O)c5cccn(c5=O)Cc5cn(nn5)[C@@H]4C3)CCCC2)cc1. The number of carbonyl (C=O) groups excluding carboxylic acids is 3. The number of ether oxygens (including phenoxy) is 1. The number of rotatable bonds is 3. The molecule has 3 aliphatic rings. The minimum Gasteiger partial charge on any atom is -0.497 e. The molecule has 1 saturated carbocycles. The number of likely N-dealkylation sites (tertiary alicyclic amines) is 1. The van der Waals surface area contributed by atoms with Crippen LogP contribution in [0.3, 0.4) is 0 Å². The van der Waals surface area contributed by atoms with E-state index in [1.807, 2.05) is 29.2 Å². The summed E-state index contributed by atoms with van der Waals surface area (Å²) < 4.78 is 8.53. The van der Waals surface area contributed by atoms with Gasteiger partial charge < -0.3 is 24.4 Å². The molecule has 2 atom stereocenters. The van der Waals surface area contributed by atoms with Crippen LogP contribution in [0.25, 0.3) is 0 Å². The van der Waals surface area contributed by atoms with Gasteiger partial charge in [0.25, 0.3) is 11.5 Å². The van der Waals surface area contributed by atoms with Crippen LogP contribution < -0.4 is 15.6 Å². The lowest BCUT2D eigenvalue weighted by Gasteiger charge is -2.33. The molecule has 1 aromatic carbocycles. The van der Waals surface area contributed by atoms with Crippen molar-refractivity contribution in [2.75, 3.05) is 40.3 Å². The highest BCUT2D eigenvalue weighted by Crippen LogP contribution is 2.45. The van der Waals surface area contributed by atoms with Gasteiger partial charge >= 0.3 is 0 Å². The number of benzene rings is 1. The Balaban J connectivity index is 1.31. The topological polar surface area (TPSA) is 132 Å². The first kappa shape index (κ1) is 28.6. The number of methoxy groups -OCH3 is 1. The maximum Gasteiger partial charge on any atom is 0.263 e. The van der Waals surface area contributed by atoms with E-state index in [1.54, 1.807) is 37.3 Å². The quantitative estimate of drug-likeness (QED) is 0.493. The Morgan fingerprint density at radius 2 is 1.84 bits per heavy atom. The first-order chi connectivity index (χ1) is 20.8. The molecular weight excluding hydrogens is 550 g/mol. The summed E-state index contributed by atoms with van der Waals surface area (Å²) in [6.07, 6.45) is 7.11. The van der Waals surface area contributed by atoms with Crippen molar-refractivity contribution in [3.8, 4) is 5.75 Å². The van der Waals surface area contributed by atoms with Crippen molar-refractivity contribution in [2.45, 2.75) is 50.1 Å². The number of likely N-dealkylation sites (N-methyl/N-ethyl adjacent to an activating group) is 1. The molecule has 1 saturated heterocycles.